The van der Waals surface area contributed by atoms with Crippen molar-refractivity contribution < 1.29 is 4.74 Å². The van der Waals surface area contributed by atoms with Crippen LogP contribution in [0.15, 0.2) is 36.4 Å². The molecule has 0 bridgehead atoms. The van der Waals surface area contributed by atoms with Gasteiger partial charge in [0.15, 0.2) is 0 Å². The van der Waals surface area contributed by atoms with Gasteiger partial charge >= 0.3 is 0 Å². The second kappa shape index (κ2) is 9.37. The molecule has 0 radical (unpaired) electrons. The Hall–Kier alpha value is -1.36. The third-order valence-corrected chi connectivity index (χ3v) is 5.59. The molecule has 0 unspecified atom stereocenters. The summed E-state index contributed by atoms with van der Waals surface area (Å²) in [6.45, 7) is 6.86. The molecule has 1 aromatic rings. The SMILES string of the molecule is COc1ccc([C@@H](CN2CCN(C)CC2)NC[C@H]2CC=CCC2)cc1. The summed E-state index contributed by atoms with van der Waals surface area (Å²) in [5.41, 5.74) is 1.37. The van der Waals surface area contributed by atoms with Gasteiger partial charge in [-0.2, -0.15) is 0 Å². The number of piperazine rings is 1. The average Bonchev–Trinajstić information content (AvgIpc) is 2.67. The van der Waals surface area contributed by atoms with Crippen molar-refractivity contribution in [2.24, 2.45) is 5.92 Å². The third-order valence-electron chi connectivity index (χ3n) is 5.59. The van der Waals surface area contributed by atoms with E-state index in [-0.39, 0.29) is 0 Å². The molecular weight excluding hydrogens is 310 g/mol. The Morgan fingerprint density at radius 3 is 2.52 bits per heavy atom. The van der Waals surface area contributed by atoms with Crippen molar-refractivity contribution >= 4 is 0 Å². The van der Waals surface area contributed by atoms with Crippen molar-refractivity contribution in [1.29, 1.82) is 0 Å². The minimum atomic E-state index is 0.389. The fourth-order valence-corrected chi connectivity index (χ4v) is 3.76. The Morgan fingerprint density at radius 2 is 1.88 bits per heavy atom. The van der Waals surface area contributed by atoms with E-state index in [1.165, 1.54) is 37.9 Å². The molecule has 4 heteroatoms. The maximum atomic E-state index is 5.32. The number of benzene rings is 1. The van der Waals surface area contributed by atoms with Gasteiger partial charge in [-0.1, -0.05) is 24.3 Å². The van der Waals surface area contributed by atoms with E-state index in [0.29, 0.717) is 6.04 Å². The highest BCUT2D eigenvalue weighted by atomic mass is 16.5. The van der Waals surface area contributed by atoms with Crippen molar-refractivity contribution in [2.45, 2.75) is 25.3 Å². The lowest BCUT2D eigenvalue weighted by Crippen LogP contribution is -2.47. The zero-order valence-electron chi connectivity index (χ0n) is 15.8. The van der Waals surface area contributed by atoms with E-state index in [1.54, 1.807) is 7.11 Å². The van der Waals surface area contributed by atoms with Crippen molar-refractivity contribution in [1.82, 2.24) is 15.1 Å². The molecule has 0 spiro atoms. The molecule has 0 aromatic heterocycles. The summed E-state index contributed by atoms with van der Waals surface area (Å²) in [5, 5.41) is 3.87. The van der Waals surface area contributed by atoms with Crippen LogP contribution in [0.3, 0.4) is 0 Å². The molecule has 2 aliphatic rings. The van der Waals surface area contributed by atoms with Crippen LogP contribution in [-0.4, -0.2) is 63.2 Å². The third kappa shape index (κ3) is 5.56. The lowest BCUT2D eigenvalue weighted by Gasteiger charge is -2.35. The summed E-state index contributed by atoms with van der Waals surface area (Å²) in [7, 11) is 3.94. The van der Waals surface area contributed by atoms with Crippen LogP contribution in [0, 0.1) is 5.92 Å². The van der Waals surface area contributed by atoms with Crippen LogP contribution < -0.4 is 10.1 Å². The van der Waals surface area contributed by atoms with Gasteiger partial charge < -0.3 is 15.0 Å². The number of nitrogens with one attached hydrogen (secondary N) is 1. The van der Waals surface area contributed by atoms with Crippen LogP contribution >= 0.6 is 0 Å². The minimum absolute atomic E-state index is 0.389. The standard InChI is InChI=1S/C21H33N3O/c1-23-12-14-24(15-13-23)17-21(19-8-10-20(25-2)11-9-19)22-16-18-6-4-3-5-7-18/h3-4,8-11,18,21-22H,5-7,12-17H2,1-2H3/t18-,21+/m0/s1. The molecule has 1 aliphatic carbocycles. The van der Waals surface area contributed by atoms with Crippen LogP contribution in [0.4, 0.5) is 0 Å². The molecule has 3 rings (SSSR count). The highest BCUT2D eigenvalue weighted by Gasteiger charge is 2.21. The lowest BCUT2D eigenvalue weighted by molar-refractivity contribution is 0.141. The predicted molar refractivity (Wildman–Crippen MR) is 104 cm³/mol. The second-order valence-corrected chi connectivity index (χ2v) is 7.49. The van der Waals surface area contributed by atoms with E-state index in [9.17, 15) is 0 Å². The van der Waals surface area contributed by atoms with Crippen molar-refractivity contribution in [3.8, 4) is 5.75 Å². The first-order valence-corrected chi connectivity index (χ1v) is 9.68. The molecule has 1 fully saturated rings. The molecular formula is C21H33N3O. The van der Waals surface area contributed by atoms with E-state index in [0.717, 1.165) is 37.8 Å². The number of ether oxygens (including phenoxy) is 1. The number of nitrogens with zero attached hydrogens (tertiary/aromatic N) is 2. The van der Waals surface area contributed by atoms with Crippen molar-refractivity contribution in [3.63, 3.8) is 0 Å². The maximum Gasteiger partial charge on any atom is 0.118 e. The first kappa shape index (κ1) is 18.4. The summed E-state index contributed by atoms with van der Waals surface area (Å²) >= 11 is 0. The number of hydrogen-bond acceptors (Lipinski definition) is 4. The van der Waals surface area contributed by atoms with Crippen LogP contribution in [0.1, 0.15) is 30.9 Å². The maximum absolute atomic E-state index is 5.32. The molecule has 1 N–H and O–H groups in total. The summed E-state index contributed by atoms with van der Waals surface area (Å²) in [5.74, 6) is 1.71. The van der Waals surface area contributed by atoms with Gasteiger partial charge in [-0.05, 0) is 56.5 Å². The van der Waals surface area contributed by atoms with Gasteiger partial charge in [0.2, 0.25) is 0 Å². The number of hydrogen-bond donors (Lipinski definition) is 1. The Bertz CT molecular complexity index is 535. The van der Waals surface area contributed by atoms with Crippen LogP contribution in [0.5, 0.6) is 5.75 Å². The predicted octanol–water partition coefficient (Wildman–Crippen LogP) is 2.93. The smallest absolute Gasteiger partial charge is 0.118 e. The van der Waals surface area contributed by atoms with Crippen LogP contribution in [0.25, 0.3) is 0 Å². The van der Waals surface area contributed by atoms with Crippen LogP contribution in [0.2, 0.25) is 0 Å². The van der Waals surface area contributed by atoms with E-state index < -0.39 is 0 Å². The van der Waals surface area contributed by atoms with Gasteiger partial charge in [-0.3, -0.25) is 4.90 Å². The summed E-state index contributed by atoms with van der Waals surface area (Å²) in [6, 6.07) is 8.98. The molecule has 2 atom stereocenters. The normalized spacial score (nSPS) is 23.5. The molecule has 138 valence electrons. The Labute approximate surface area is 152 Å². The average molecular weight is 344 g/mol. The molecule has 25 heavy (non-hydrogen) atoms. The molecule has 1 aliphatic heterocycles. The monoisotopic (exact) mass is 343 g/mol. The fourth-order valence-electron chi connectivity index (χ4n) is 3.76. The zero-order chi connectivity index (χ0) is 17.5. The molecule has 1 heterocycles. The molecule has 1 aromatic carbocycles. The van der Waals surface area contributed by atoms with Gasteiger partial charge in [0, 0.05) is 38.8 Å². The molecule has 1 saturated heterocycles. The topological polar surface area (TPSA) is 27.7 Å². The number of allylic oxidation sites excluding steroid dienone is 2. The Balaban J connectivity index is 1.62. The van der Waals surface area contributed by atoms with Gasteiger partial charge in [0.25, 0.3) is 0 Å². The van der Waals surface area contributed by atoms with Gasteiger partial charge in [0.1, 0.15) is 5.75 Å². The number of methoxy groups -OCH3 is 1. The minimum Gasteiger partial charge on any atom is -0.497 e. The lowest BCUT2D eigenvalue weighted by atomic mass is 9.94. The summed E-state index contributed by atoms with van der Waals surface area (Å²) < 4.78 is 5.32. The van der Waals surface area contributed by atoms with Gasteiger partial charge in [-0.25, -0.2) is 0 Å². The zero-order valence-corrected chi connectivity index (χ0v) is 15.8. The van der Waals surface area contributed by atoms with E-state index >= 15 is 0 Å². The molecule has 0 saturated carbocycles. The highest BCUT2D eigenvalue weighted by Crippen LogP contribution is 2.22. The first-order chi connectivity index (χ1) is 12.2. The van der Waals surface area contributed by atoms with Crippen molar-refractivity contribution in [2.75, 3.05) is 53.4 Å². The van der Waals surface area contributed by atoms with Crippen molar-refractivity contribution in [3.05, 3.63) is 42.0 Å². The second-order valence-electron chi connectivity index (χ2n) is 7.49. The quantitative estimate of drug-likeness (QED) is 0.771. The Morgan fingerprint density at radius 1 is 1.12 bits per heavy atom. The van der Waals surface area contributed by atoms with Gasteiger partial charge in [0.05, 0.1) is 7.11 Å². The molecule has 0 amide bonds. The van der Waals surface area contributed by atoms with E-state index in [4.69, 9.17) is 4.74 Å². The number of likely N-dealkylation sites (N-methyl/N-ethyl adjacent to an activating group) is 1. The fraction of sp³-hybridized carbons (Fsp3) is 0.619. The van der Waals surface area contributed by atoms with Crippen LogP contribution in [-0.2, 0) is 0 Å². The number of rotatable bonds is 7. The Kier molecular flexibility index (Phi) is 6.91. The summed E-state index contributed by atoms with van der Waals surface area (Å²) in [6.07, 6.45) is 8.43. The van der Waals surface area contributed by atoms with E-state index in [2.05, 4.69) is 58.6 Å². The largest absolute Gasteiger partial charge is 0.497 e. The first-order valence-electron chi connectivity index (χ1n) is 9.68. The summed E-state index contributed by atoms with van der Waals surface area (Å²) in [4.78, 5) is 5.02. The van der Waals surface area contributed by atoms with E-state index in [1.807, 2.05) is 0 Å². The molecule has 4 nitrogen and oxygen atoms in total. The highest BCUT2D eigenvalue weighted by molar-refractivity contribution is 5.29. The van der Waals surface area contributed by atoms with Gasteiger partial charge in [-0.15, -0.1) is 0 Å².